The normalized spacial score (nSPS) is 11.6. The van der Waals surface area contributed by atoms with Gasteiger partial charge in [0.05, 0.1) is 5.69 Å². The third-order valence-electron chi connectivity index (χ3n) is 2.52. The summed E-state index contributed by atoms with van der Waals surface area (Å²) in [5.74, 6) is -0.666. The Morgan fingerprint density at radius 1 is 1.30 bits per heavy atom. The Bertz CT molecular complexity index is 705. The van der Waals surface area contributed by atoms with E-state index >= 15 is 0 Å². The van der Waals surface area contributed by atoms with Crippen LogP contribution >= 0.6 is 0 Å². The molecule has 20 heavy (non-hydrogen) atoms. The molecule has 0 amide bonds. The Labute approximate surface area is 116 Å². The van der Waals surface area contributed by atoms with E-state index in [9.17, 15) is 12.8 Å². The van der Waals surface area contributed by atoms with Crippen LogP contribution in [0.3, 0.4) is 0 Å². The molecule has 0 fully saturated rings. The minimum atomic E-state index is -3.92. The first-order valence-electron chi connectivity index (χ1n) is 5.84. The van der Waals surface area contributed by atoms with Crippen LogP contribution in [0.4, 0.5) is 10.2 Å². The summed E-state index contributed by atoms with van der Waals surface area (Å²) < 4.78 is 40.1. The van der Waals surface area contributed by atoms with Gasteiger partial charge in [-0.3, -0.25) is 9.71 Å². The van der Waals surface area contributed by atoms with Gasteiger partial charge in [-0.05, 0) is 18.1 Å². The number of nitrogens with one attached hydrogen (secondary N) is 1. The van der Waals surface area contributed by atoms with E-state index in [4.69, 9.17) is 0 Å². The van der Waals surface area contributed by atoms with Crippen molar-refractivity contribution < 1.29 is 12.8 Å². The number of halogens is 1. The molecule has 0 aliphatic heterocycles. The van der Waals surface area contributed by atoms with Crippen LogP contribution in [0.2, 0.25) is 0 Å². The highest BCUT2D eigenvalue weighted by Gasteiger charge is 2.18. The number of rotatable bonds is 4. The number of aromatic nitrogens is 3. The molecule has 8 heteroatoms. The fraction of sp³-hybridized carbons (Fsp3) is 0.250. The van der Waals surface area contributed by atoms with Crippen LogP contribution in [0.5, 0.6) is 0 Å². The van der Waals surface area contributed by atoms with Crippen LogP contribution in [0.15, 0.2) is 35.7 Å². The Hall–Kier alpha value is -2.09. The summed E-state index contributed by atoms with van der Waals surface area (Å²) in [4.78, 5) is 11.0. The van der Waals surface area contributed by atoms with E-state index in [0.29, 0.717) is 0 Å². The summed E-state index contributed by atoms with van der Waals surface area (Å²) in [6, 6.07) is 2.34. The van der Waals surface area contributed by atoms with Crippen LogP contribution in [-0.2, 0) is 10.0 Å². The Morgan fingerprint density at radius 2 is 2.05 bits per heavy atom. The van der Waals surface area contributed by atoms with Crippen LogP contribution in [-0.4, -0.2) is 23.4 Å². The second-order valence-corrected chi connectivity index (χ2v) is 6.08. The van der Waals surface area contributed by atoms with Gasteiger partial charge in [-0.2, -0.15) is 0 Å². The topological polar surface area (TPSA) is 84.8 Å². The van der Waals surface area contributed by atoms with E-state index in [1.807, 2.05) is 0 Å². The fourth-order valence-electron chi connectivity index (χ4n) is 1.55. The molecule has 0 aliphatic rings. The van der Waals surface area contributed by atoms with Crippen molar-refractivity contribution in [3.8, 4) is 0 Å². The van der Waals surface area contributed by atoms with Gasteiger partial charge >= 0.3 is 0 Å². The van der Waals surface area contributed by atoms with Crippen LogP contribution in [0.25, 0.3) is 0 Å². The third-order valence-corrected chi connectivity index (χ3v) is 3.84. The standard InChI is InChI=1S/C12H13FN4O2S/c1-8(2)12-10(13)5-9(6-15-12)20(18,19)17-11-3-4-14-7-16-11/h3-8H,1-2H3,(H,14,16,17). The van der Waals surface area contributed by atoms with Gasteiger partial charge in [0, 0.05) is 12.4 Å². The van der Waals surface area contributed by atoms with Gasteiger partial charge in [0.25, 0.3) is 10.0 Å². The van der Waals surface area contributed by atoms with Gasteiger partial charge in [-0.1, -0.05) is 13.8 Å². The van der Waals surface area contributed by atoms with Gasteiger partial charge in [-0.15, -0.1) is 0 Å². The van der Waals surface area contributed by atoms with Crippen LogP contribution < -0.4 is 4.72 Å². The summed E-state index contributed by atoms with van der Waals surface area (Å²) in [7, 11) is -3.92. The number of anilines is 1. The molecule has 0 unspecified atom stereocenters. The predicted molar refractivity (Wildman–Crippen MR) is 71.1 cm³/mol. The van der Waals surface area contributed by atoms with Gasteiger partial charge < -0.3 is 0 Å². The lowest BCUT2D eigenvalue weighted by molar-refractivity contribution is 0.572. The van der Waals surface area contributed by atoms with Gasteiger partial charge in [0.2, 0.25) is 0 Å². The molecular weight excluding hydrogens is 283 g/mol. The van der Waals surface area contributed by atoms with Crippen molar-refractivity contribution >= 4 is 15.8 Å². The summed E-state index contributed by atoms with van der Waals surface area (Å²) in [5, 5.41) is 0. The molecule has 0 saturated heterocycles. The molecule has 0 saturated carbocycles. The number of hydrogen-bond acceptors (Lipinski definition) is 5. The zero-order valence-corrected chi connectivity index (χ0v) is 11.7. The first-order valence-corrected chi connectivity index (χ1v) is 7.33. The second-order valence-electron chi connectivity index (χ2n) is 4.39. The maximum atomic E-state index is 13.8. The molecule has 2 rings (SSSR count). The molecule has 2 aromatic rings. The molecule has 0 radical (unpaired) electrons. The molecular formula is C12H13FN4O2S. The monoisotopic (exact) mass is 296 g/mol. The largest absolute Gasteiger partial charge is 0.264 e. The van der Waals surface area contributed by atoms with E-state index in [1.165, 1.54) is 18.6 Å². The molecule has 0 bridgehead atoms. The maximum absolute atomic E-state index is 13.8. The first kappa shape index (κ1) is 14.3. The molecule has 106 valence electrons. The van der Waals surface area contributed by atoms with Crippen molar-refractivity contribution in [2.45, 2.75) is 24.7 Å². The highest BCUT2D eigenvalue weighted by molar-refractivity contribution is 7.92. The number of nitrogens with zero attached hydrogens (tertiary/aromatic N) is 3. The SMILES string of the molecule is CC(C)c1ncc(S(=O)(=O)Nc2ccncn2)cc1F. The lowest BCUT2D eigenvalue weighted by Gasteiger charge is -2.09. The molecule has 0 spiro atoms. The number of sulfonamides is 1. The van der Waals surface area contributed by atoms with E-state index in [0.717, 1.165) is 12.3 Å². The van der Waals surface area contributed by atoms with Gasteiger partial charge in [0.1, 0.15) is 22.9 Å². The van der Waals surface area contributed by atoms with Crippen LogP contribution in [0.1, 0.15) is 25.5 Å². The molecule has 0 aliphatic carbocycles. The molecule has 2 heterocycles. The average molecular weight is 296 g/mol. The summed E-state index contributed by atoms with van der Waals surface area (Å²) >= 11 is 0. The fourth-order valence-corrected chi connectivity index (χ4v) is 2.51. The predicted octanol–water partition coefficient (Wildman–Crippen LogP) is 1.93. The van der Waals surface area contributed by atoms with Gasteiger partial charge in [0.15, 0.2) is 0 Å². The van der Waals surface area contributed by atoms with Crippen molar-refractivity contribution in [2.24, 2.45) is 0 Å². The molecule has 2 aromatic heterocycles. The minimum Gasteiger partial charge on any atom is -0.263 e. The maximum Gasteiger partial charge on any atom is 0.264 e. The Kier molecular flexibility index (Phi) is 3.93. The number of hydrogen-bond donors (Lipinski definition) is 1. The Morgan fingerprint density at radius 3 is 2.60 bits per heavy atom. The zero-order valence-electron chi connectivity index (χ0n) is 10.9. The van der Waals surface area contributed by atoms with Gasteiger partial charge in [-0.25, -0.2) is 22.8 Å². The van der Waals surface area contributed by atoms with Crippen LogP contribution in [0, 0.1) is 5.82 Å². The smallest absolute Gasteiger partial charge is 0.263 e. The summed E-state index contributed by atoms with van der Waals surface area (Å²) in [6.45, 7) is 3.55. The number of pyridine rings is 1. The van der Waals surface area contributed by atoms with Crippen molar-refractivity contribution in [3.63, 3.8) is 0 Å². The molecule has 0 aromatic carbocycles. The quantitative estimate of drug-likeness (QED) is 0.932. The van der Waals surface area contributed by atoms with E-state index in [-0.39, 0.29) is 22.3 Å². The van der Waals surface area contributed by atoms with Crippen molar-refractivity contribution in [2.75, 3.05) is 4.72 Å². The van der Waals surface area contributed by atoms with E-state index in [1.54, 1.807) is 13.8 Å². The highest BCUT2D eigenvalue weighted by atomic mass is 32.2. The third kappa shape index (κ3) is 3.08. The first-order chi connectivity index (χ1) is 9.40. The Balaban J connectivity index is 2.33. The lowest BCUT2D eigenvalue weighted by atomic mass is 10.1. The van der Waals surface area contributed by atoms with Crippen molar-refractivity contribution in [3.05, 3.63) is 42.4 Å². The average Bonchev–Trinajstić information content (AvgIpc) is 2.38. The summed E-state index contributed by atoms with van der Waals surface area (Å²) in [6.07, 6.45) is 3.73. The lowest BCUT2D eigenvalue weighted by Crippen LogP contribution is -2.15. The second kappa shape index (κ2) is 5.49. The molecule has 1 N–H and O–H groups in total. The summed E-state index contributed by atoms with van der Waals surface area (Å²) in [5.41, 5.74) is 0.228. The van der Waals surface area contributed by atoms with Crippen molar-refractivity contribution in [1.29, 1.82) is 0 Å². The molecule has 6 nitrogen and oxygen atoms in total. The minimum absolute atomic E-state index is 0.105. The van der Waals surface area contributed by atoms with E-state index < -0.39 is 15.8 Å². The zero-order chi connectivity index (χ0) is 14.8. The van der Waals surface area contributed by atoms with E-state index in [2.05, 4.69) is 19.7 Å². The highest BCUT2D eigenvalue weighted by Crippen LogP contribution is 2.20. The molecule has 0 atom stereocenters. The van der Waals surface area contributed by atoms with Crippen molar-refractivity contribution in [1.82, 2.24) is 15.0 Å².